The van der Waals surface area contributed by atoms with Crippen LogP contribution in [0.2, 0.25) is 0 Å². The standard InChI is InChI=1S/C25H7F15N2O2/c26-21(27,28)10-1-8(2-11(5-10)22(29,30)31)14-17-20(44-6-41-17)15(18-19(14)43-7-42-18)9-3-12(23(32,33)34)16(25(38,39)40)13(4-9)24(35,36)37/h1-7H. The average Bonchev–Trinajstić information content (AvgIpc) is 3.53. The van der Waals surface area contributed by atoms with Crippen LogP contribution in [0.5, 0.6) is 0 Å². The Morgan fingerprint density at radius 1 is 0.432 bits per heavy atom. The Bertz CT molecular complexity index is 1780. The molecular weight excluding hydrogens is 645 g/mol. The van der Waals surface area contributed by atoms with Gasteiger partial charge in [0.05, 0.1) is 38.9 Å². The zero-order chi connectivity index (χ0) is 32.8. The lowest BCUT2D eigenvalue weighted by Crippen LogP contribution is -2.23. The molecule has 19 heteroatoms. The quantitative estimate of drug-likeness (QED) is 0.178. The summed E-state index contributed by atoms with van der Waals surface area (Å²) in [6.45, 7) is 0. The minimum Gasteiger partial charge on any atom is -0.443 e. The summed E-state index contributed by atoms with van der Waals surface area (Å²) in [4.78, 5) is 7.28. The lowest BCUT2D eigenvalue weighted by Gasteiger charge is -2.22. The fourth-order valence-corrected chi connectivity index (χ4v) is 4.59. The maximum absolute atomic E-state index is 13.8. The molecule has 0 amide bonds. The molecule has 44 heavy (non-hydrogen) atoms. The number of aromatic nitrogens is 2. The summed E-state index contributed by atoms with van der Waals surface area (Å²) in [6, 6.07) is -0.302. The van der Waals surface area contributed by atoms with E-state index in [-0.39, 0.29) is 30.3 Å². The highest BCUT2D eigenvalue weighted by molar-refractivity contribution is 6.15. The molecule has 4 nitrogen and oxygen atoms in total. The summed E-state index contributed by atoms with van der Waals surface area (Å²) < 4.78 is 215. The van der Waals surface area contributed by atoms with Crippen LogP contribution in [-0.2, 0) is 30.9 Å². The molecule has 0 atom stereocenters. The Balaban J connectivity index is 1.92. The van der Waals surface area contributed by atoms with Gasteiger partial charge in [-0.15, -0.1) is 0 Å². The molecule has 0 radical (unpaired) electrons. The van der Waals surface area contributed by atoms with Gasteiger partial charge in [-0.2, -0.15) is 65.9 Å². The van der Waals surface area contributed by atoms with Crippen LogP contribution in [0.4, 0.5) is 65.9 Å². The number of halogens is 15. The number of oxazole rings is 2. The topological polar surface area (TPSA) is 52.1 Å². The number of benzene rings is 3. The fraction of sp³-hybridized carbons (Fsp3) is 0.200. The summed E-state index contributed by atoms with van der Waals surface area (Å²) in [5.74, 6) is 0. The van der Waals surface area contributed by atoms with Crippen LogP contribution >= 0.6 is 0 Å². The Kier molecular flexibility index (Phi) is 6.71. The Labute approximate surface area is 231 Å². The molecule has 2 aromatic heterocycles. The second kappa shape index (κ2) is 9.52. The highest BCUT2D eigenvalue weighted by Gasteiger charge is 2.50. The van der Waals surface area contributed by atoms with Crippen molar-refractivity contribution in [2.24, 2.45) is 0 Å². The lowest BCUT2D eigenvalue weighted by molar-refractivity contribution is -0.174. The minimum atomic E-state index is -6.15. The molecule has 5 aromatic rings. The van der Waals surface area contributed by atoms with Gasteiger partial charge in [0, 0.05) is 0 Å². The van der Waals surface area contributed by atoms with Crippen molar-refractivity contribution in [1.29, 1.82) is 0 Å². The normalized spacial score (nSPS) is 13.8. The van der Waals surface area contributed by atoms with Crippen molar-refractivity contribution < 1.29 is 74.7 Å². The summed E-state index contributed by atoms with van der Waals surface area (Å²) in [6.07, 6.45) is -27.8. The van der Waals surface area contributed by atoms with Crippen LogP contribution in [0.25, 0.3) is 44.5 Å². The molecule has 0 aliphatic carbocycles. The number of fused-ring (bicyclic) bond motifs is 2. The third-order valence-electron chi connectivity index (χ3n) is 6.26. The number of hydrogen-bond donors (Lipinski definition) is 0. The molecule has 0 fully saturated rings. The third kappa shape index (κ3) is 5.27. The predicted molar refractivity (Wildman–Crippen MR) is 117 cm³/mol. The molecule has 0 spiro atoms. The van der Waals surface area contributed by atoms with E-state index in [9.17, 15) is 65.9 Å². The predicted octanol–water partition coefficient (Wildman–Crippen LogP) is 10.4. The highest BCUT2D eigenvalue weighted by Crippen LogP contribution is 2.51. The first kappa shape index (κ1) is 31.0. The largest absolute Gasteiger partial charge is 0.443 e. The van der Waals surface area contributed by atoms with Crippen molar-refractivity contribution in [3.05, 3.63) is 70.9 Å². The number of hydrogen-bond acceptors (Lipinski definition) is 4. The van der Waals surface area contributed by atoms with E-state index in [4.69, 9.17) is 8.83 Å². The van der Waals surface area contributed by atoms with Gasteiger partial charge in [-0.3, -0.25) is 0 Å². The van der Waals surface area contributed by atoms with E-state index in [1.165, 1.54) is 0 Å². The van der Waals surface area contributed by atoms with Crippen LogP contribution in [0.3, 0.4) is 0 Å². The smallest absolute Gasteiger partial charge is 0.417 e. The van der Waals surface area contributed by atoms with Gasteiger partial charge in [-0.25, -0.2) is 9.97 Å². The molecule has 0 bridgehead atoms. The monoisotopic (exact) mass is 652 g/mol. The summed E-state index contributed by atoms with van der Waals surface area (Å²) >= 11 is 0. The fourth-order valence-electron chi connectivity index (χ4n) is 4.59. The van der Waals surface area contributed by atoms with Gasteiger partial charge in [0.25, 0.3) is 0 Å². The van der Waals surface area contributed by atoms with Gasteiger partial charge in [0.1, 0.15) is 11.0 Å². The molecule has 0 unspecified atom stereocenters. The summed E-state index contributed by atoms with van der Waals surface area (Å²) in [5.41, 5.74) is -19.0. The highest BCUT2D eigenvalue weighted by atomic mass is 19.4. The number of alkyl halides is 15. The molecular formula is C25H7F15N2O2. The van der Waals surface area contributed by atoms with E-state index >= 15 is 0 Å². The van der Waals surface area contributed by atoms with Gasteiger partial charge >= 0.3 is 30.9 Å². The average molecular weight is 652 g/mol. The molecule has 2 heterocycles. The number of rotatable bonds is 2. The van der Waals surface area contributed by atoms with Crippen LogP contribution in [0.15, 0.2) is 52.0 Å². The first-order chi connectivity index (χ1) is 20.0. The van der Waals surface area contributed by atoms with Gasteiger partial charge in [-0.05, 0) is 41.5 Å². The summed E-state index contributed by atoms with van der Waals surface area (Å²) in [5, 5.41) is 0. The first-order valence-electron chi connectivity index (χ1n) is 11.3. The maximum Gasteiger partial charge on any atom is 0.417 e. The van der Waals surface area contributed by atoms with Crippen molar-refractivity contribution in [2.75, 3.05) is 0 Å². The SMILES string of the molecule is FC(F)(F)c1cc(-c2c3ncoc3c(-c3cc(C(F)(F)F)c(C(F)(F)F)c(C(F)(F)F)c3)c3ncoc23)cc(C(F)(F)F)c1. The van der Waals surface area contributed by atoms with E-state index in [0.29, 0.717) is 12.8 Å². The van der Waals surface area contributed by atoms with Crippen LogP contribution < -0.4 is 0 Å². The zero-order valence-electron chi connectivity index (χ0n) is 20.4. The third-order valence-corrected chi connectivity index (χ3v) is 6.26. The van der Waals surface area contributed by atoms with Gasteiger partial charge in [0.2, 0.25) is 0 Å². The van der Waals surface area contributed by atoms with Crippen LogP contribution in [0.1, 0.15) is 27.8 Å². The molecule has 0 aliphatic rings. The summed E-state index contributed by atoms with van der Waals surface area (Å²) in [7, 11) is 0. The van der Waals surface area contributed by atoms with E-state index in [1.807, 2.05) is 0 Å². The molecule has 234 valence electrons. The van der Waals surface area contributed by atoms with Crippen LogP contribution in [0, 0.1) is 0 Å². The molecule has 5 rings (SSSR count). The van der Waals surface area contributed by atoms with E-state index in [1.54, 1.807) is 0 Å². The lowest BCUT2D eigenvalue weighted by atomic mass is 9.90. The van der Waals surface area contributed by atoms with Crippen molar-refractivity contribution >= 4 is 22.2 Å². The molecule has 0 N–H and O–H groups in total. The molecule has 0 saturated carbocycles. The van der Waals surface area contributed by atoms with Crippen molar-refractivity contribution in [1.82, 2.24) is 9.97 Å². The molecule has 3 aromatic carbocycles. The second-order valence-electron chi connectivity index (χ2n) is 9.04. The zero-order valence-corrected chi connectivity index (χ0v) is 20.4. The molecule has 0 saturated heterocycles. The van der Waals surface area contributed by atoms with E-state index < -0.39 is 103 Å². The van der Waals surface area contributed by atoms with E-state index in [0.717, 1.165) is 0 Å². The van der Waals surface area contributed by atoms with Gasteiger partial charge in [0.15, 0.2) is 24.0 Å². The Hall–Kier alpha value is -4.45. The Morgan fingerprint density at radius 2 is 0.795 bits per heavy atom. The van der Waals surface area contributed by atoms with Crippen molar-refractivity contribution in [3.8, 4) is 22.3 Å². The van der Waals surface area contributed by atoms with Crippen molar-refractivity contribution in [2.45, 2.75) is 30.9 Å². The second-order valence-corrected chi connectivity index (χ2v) is 9.04. The van der Waals surface area contributed by atoms with E-state index in [2.05, 4.69) is 9.97 Å². The number of nitrogens with zero attached hydrogens (tertiary/aromatic N) is 2. The van der Waals surface area contributed by atoms with Gasteiger partial charge < -0.3 is 8.83 Å². The van der Waals surface area contributed by atoms with Crippen LogP contribution in [-0.4, -0.2) is 9.97 Å². The minimum absolute atomic E-state index is 0.213. The maximum atomic E-state index is 13.8. The molecule has 0 aliphatic heterocycles. The Morgan fingerprint density at radius 3 is 1.11 bits per heavy atom. The van der Waals surface area contributed by atoms with Crippen molar-refractivity contribution in [3.63, 3.8) is 0 Å². The van der Waals surface area contributed by atoms with Gasteiger partial charge in [-0.1, -0.05) is 0 Å². The first-order valence-corrected chi connectivity index (χ1v) is 11.3.